The Morgan fingerprint density at radius 1 is 1.44 bits per heavy atom. The van der Waals surface area contributed by atoms with Crippen molar-refractivity contribution in [3.05, 3.63) is 0 Å². The van der Waals surface area contributed by atoms with Crippen LogP contribution in [0.1, 0.15) is 6.92 Å². The van der Waals surface area contributed by atoms with E-state index in [0.29, 0.717) is 6.17 Å². The van der Waals surface area contributed by atoms with E-state index in [-0.39, 0.29) is 9.68 Å². The van der Waals surface area contributed by atoms with Gasteiger partial charge >= 0.3 is 0 Å². The number of halogens is 1. The van der Waals surface area contributed by atoms with Crippen LogP contribution >= 0.6 is 22.9 Å². The van der Waals surface area contributed by atoms with Crippen LogP contribution in [-0.2, 0) is 0 Å². The molecule has 0 amide bonds. The van der Waals surface area contributed by atoms with E-state index < -0.39 is 0 Å². The Hall–Kier alpha value is 0.867. The number of nitrogens with zero attached hydrogens (tertiary/aromatic N) is 2. The monoisotopic (exact) mass is 258 g/mol. The molecule has 0 aliphatic carbocycles. The van der Waals surface area contributed by atoms with Gasteiger partial charge in [-0.3, -0.25) is 0 Å². The van der Waals surface area contributed by atoms with Gasteiger partial charge in [-0.15, -0.1) is 0 Å². The Morgan fingerprint density at radius 3 is 2.00 bits per heavy atom. The summed E-state index contributed by atoms with van der Waals surface area (Å²) in [6.07, 6.45) is 0.599. The van der Waals surface area contributed by atoms with Gasteiger partial charge in [0.1, 0.15) is 0 Å². The molecule has 4 heteroatoms. The first-order chi connectivity index (χ1) is 4.09. The first kappa shape index (κ1) is 9.87. The molecule has 0 saturated carbocycles. The molecule has 0 radical (unpaired) electrons. The molecule has 0 spiro atoms. The fraction of sp³-hybridized carbons (Fsp3) is 1.00. The Balaban J connectivity index is 3.58. The van der Waals surface area contributed by atoms with E-state index in [9.17, 15) is 0 Å². The second kappa shape index (κ2) is 4.65. The molecule has 9 heavy (non-hydrogen) atoms. The highest BCUT2D eigenvalue weighted by molar-refractivity contribution is 14.1. The Morgan fingerprint density at radius 2 is 1.89 bits per heavy atom. The molecule has 0 rings (SSSR count). The van der Waals surface area contributed by atoms with Crippen LogP contribution in [0.2, 0.25) is 6.55 Å². The highest BCUT2D eigenvalue weighted by Crippen LogP contribution is 2.04. The second-order valence-corrected chi connectivity index (χ2v) is 5.38. The molecule has 1 unspecified atom stereocenters. The third-order valence-corrected chi connectivity index (χ3v) is 3.98. The van der Waals surface area contributed by atoms with Crippen LogP contribution in [0.4, 0.5) is 0 Å². The van der Waals surface area contributed by atoms with Crippen molar-refractivity contribution in [3.63, 3.8) is 0 Å². The van der Waals surface area contributed by atoms with Gasteiger partial charge in [0.05, 0.1) is 15.8 Å². The van der Waals surface area contributed by atoms with Crippen molar-refractivity contribution in [2.45, 2.75) is 19.6 Å². The number of hydrogen-bond donors (Lipinski definition) is 0. The first-order valence-electron chi connectivity index (χ1n) is 3.18. The third-order valence-electron chi connectivity index (χ3n) is 1.65. The minimum atomic E-state index is 0.0350. The summed E-state index contributed by atoms with van der Waals surface area (Å²) in [5.74, 6) is 0. The van der Waals surface area contributed by atoms with Gasteiger partial charge in [-0.25, -0.2) is 3.11 Å². The van der Waals surface area contributed by atoms with Crippen molar-refractivity contribution >= 4 is 32.5 Å². The lowest BCUT2D eigenvalue weighted by molar-refractivity contribution is 0.290. The summed E-state index contributed by atoms with van der Waals surface area (Å²) in [5, 5.41) is 0. The summed E-state index contributed by atoms with van der Waals surface area (Å²) in [7, 11) is 4.32. The molecule has 56 valence electrons. The first-order valence-corrected chi connectivity index (χ1v) is 6.19. The average molecular weight is 258 g/mol. The summed E-state index contributed by atoms with van der Waals surface area (Å²) in [6, 6.07) is 0. The highest BCUT2D eigenvalue weighted by Gasteiger charge is 2.08. The molecule has 0 bridgehead atoms. The zero-order valence-electron chi connectivity index (χ0n) is 6.56. The number of hydrogen-bond acceptors (Lipinski definition) is 2. The Kier molecular flexibility index (Phi) is 5.09. The fourth-order valence-electron chi connectivity index (χ4n) is 0.536. The van der Waals surface area contributed by atoms with Crippen molar-refractivity contribution < 1.29 is 0 Å². The Labute approximate surface area is 74.0 Å². The van der Waals surface area contributed by atoms with Crippen LogP contribution in [0.25, 0.3) is 0 Å². The average Bonchev–Trinajstić information content (AvgIpc) is 1.84. The quantitative estimate of drug-likeness (QED) is 0.318. The molecule has 0 aromatic carbocycles. The van der Waals surface area contributed by atoms with E-state index in [4.69, 9.17) is 0 Å². The van der Waals surface area contributed by atoms with Crippen LogP contribution in [0.3, 0.4) is 0 Å². The number of rotatable bonds is 3. The maximum absolute atomic E-state index is 2.42. The summed E-state index contributed by atoms with van der Waals surface area (Å²) < 4.78 is 4.63. The minimum absolute atomic E-state index is 0.0350. The van der Waals surface area contributed by atoms with Crippen LogP contribution in [-0.4, -0.2) is 37.6 Å². The molecular weight excluding hydrogens is 243 g/mol. The van der Waals surface area contributed by atoms with E-state index in [2.05, 4.69) is 58.1 Å². The molecule has 0 fully saturated rings. The van der Waals surface area contributed by atoms with Gasteiger partial charge in [-0.05, 0) is 21.0 Å². The van der Waals surface area contributed by atoms with Crippen LogP contribution in [0.5, 0.6) is 0 Å². The second-order valence-electron chi connectivity index (χ2n) is 2.23. The molecule has 1 atom stereocenters. The van der Waals surface area contributed by atoms with Crippen LogP contribution in [0.15, 0.2) is 0 Å². The fourth-order valence-corrected chi connectivity index (χ4v) is 2.07. The lowest BCUT2D eigenvalue weighted by Crippen LogP contribution is -2.38. The van der Waals surface area contributed by atoms with E-state index in [0.717, 1.165) is 0 Å². The van der Waals surface area contributed by atoms with Gasteiger partial charge in [0, 0.05) is 22.9 Å². The Bertz CT molecular complexity index is 79.4. The normalized spacial score (nSPS) is 16.3. The lowest BCUT2D eigenvalue weighted by Gasteiger charge is -2.27. The lowest BCUT2D eigenvalue weighted by atomic mass is 10.6. The highest BCUT2D eigenvalue weighted by atomic mass is 127. The SMILES string of the molecule is C[SiH2]N(C)C(C)N(C)I. The maximum atomic E-state index is 2.42. The van der Waals surface area contributed by atoms with E-state index in [1.54, 1.807) is 0 Å². The van der Waals surface area contributed by atoms with Crippen molar-refractivity contribution in [3.8, 4) is 0 Å². The zero-order valence-corrected chi connectivity index (χ0v) is 10.1. The molecule has 0 aromatic rings. The van der Waals surface area contributed by atoms with E-state index in [1.807, 2.05) is 0 Å². The largest absolute Gasteiger partial charge is 0.317 e. The van der Waals surface area contributed by atoms with Crippen molar-refractivity contribution in [1.29, 1.82) is 0 Å². The molecule has 0 aliphatic rings. The maximum Gasteiger partial charge on any atom is 0.0935 e. The standard InChI is InChI=1S/C5H15IN2Si/c1-5(7(2)6)8(3)9-4/h5H,9H2,1-4H3. The molecule has 0 heterocycles. The van der Waals surface area contributed by atoms with Crippen molar-refractivity contribution in [1.82, 2.24) is 7.68 Å². The van der Waals surface area contributed by atoms with E-state index in [1.165, 1.54) is 0 Å². The van der Waals surface area contributed by atoms with Gasteiger partial charge in [0.15, 0.2) is 0 Å². The zero-order chi connectivity index (χ0) is 7.44. The van der Waals surface area contributed by atoms with Gasteiger partial charge in [0.2, 0.25) is 0 Å². The summed E-state index contributed by atoms with van der Waals surface area (Å²) in [5.41, 5.74) is 0. The van der Waals surface area contributed by atoms with Crippen molar-refractivity contribution in [2.75, 3.05) is 14.1 Å². The molecule has 0 saturated heterocycles. The summed E-state index contributed by atoms with van der Waals surface area (Å²) in [4.78, 5) is 0. The molecule has 0 aliphatic heterocycles. The molecule has 0 aromatic heterocycles. The molecular formula is C5H15IN2Si. The topological polar surface area (TPSA) is 6.48 Å². The third kappa shape index (κ3) is 3.54. The molecule has 0 N–H and O–H groups in total. The predicted molar refractivity (Wildman–Crippen MR) is 53.4 cm³/mol. The molecule has 2 nitrogen and oxygen atoms in total. The summed E-state index contributed by atoms with van der Waals surface area (Å²) >= 11 is 2.32. The van der Waals surface area contributed by atoms with Gasteiger partial charge in [-0.2, -0.15) is 0 Å². The van der Waals surface area contributed by atoms with E-state index >= 15 is 0 Å². The van der Waals surface area contributed by atoms with Crippen LogP contribution in [0, 0.1) is 0 Å². The van der Waals surface area contributed by atoms with Crippen LogP contribution < -0.4 is 0 Å². The smallest absolute Gasteiger partial charge is 0.0935 e. The van der Waals surface area contributed by atoms with Gasteiger partial charge in [0.25, 0.3) is 0 Å². The van der Waals surface area contributed by atoms with Gasteiger partial charge < -0.3 is 4.57 Å². The minimum Gasteiger partial charge on any atom is -0.317 e. The summed E-state index contributed by atoms with van der Waals surface area (Å²) in [6.45, 7) is 4.53. The predicted octanol–water partition coefficient (Wildman–Crippen LogP) is 0.678. The van der Waals surface area contributed by atoms with Crippen molar-refractivity contribution in [2.24, 2.45) is 0 Å². The van der Waals surface area contributed by atoms with Gasteiger partial charge in [-0.1, -0.05) is 6.55 Å².